The molecule has 3 nitrogen and oxygen atoms in total. The summed E-state index contributed by atoms with van der Waals surface area (Å²) in [5, 5.41) is 0. The van der Waals surface area contributed by atoms with Gasteiger partial charge in [0.1, 0.15) is 5.60 Å². The lowest BCUT2D eigenvalue weighted by molar-refractivity contribution is -0.157. The third-order valence-electron chi connectivity index (χ3n) is 5.94. The Balaban J connectivity index is 1.89. The number of hydrogen-bond acceptors (Lipinski definition) is 3. The molecule has 4 rings (SSSR count). The van der Waals surface area contributed by atoms with Gasteiger partial charge in [-0.1, -0.05) is 6.58 Å². The Morgan fingerprint density at radius 1 is 1.21 bits per heavy atom. The van der Waals surface area contributed by atoms with Crippen LogP contribution in [0.5, 0.6) is 0 Å². The molecule has 0 aliphatic heterocycles. The molecule has 0 aromatic carbocycles. The average molecular weight is 264 g/mol. The fraction of sp³-hybridized carbons (Fsp3) is 0.812. The van der Waals surface area contributed by atoms with E-state index in [0.717, 1.165) is 17.8 Å². The maximum Gasteiger partial charge on any atom is 0.508 e. The molecule has 0 radical (unpaired) electrons. The number of ether oxygens (including phenoxy) is 2. The molecule has 1 atom stereocenters. The number of hydrogen-bond donors (Lipinski definition) is 0. The SMILES string of the molecule is C=C[C@@](C)(OC(=O)OC)C12CC3CC(CC(C3)C1)C2. The van der Waals surface area contributed by atoms with E-state index in [-0.39, 0.29) is 5.41 Å². The number of methoxy groups -OCH3 is 1. The molecule has 0 spiro atoms. The molecule has 4 bridgehead atoms. The second kappa shape index (κ2) is 4.26. The Hall–Kier alpha value is -0.990. The van der Waals surface area contributed by atoms with E-state index in [4.69, 9.17) is 9.47 Å². The maximum absolute atomic E-state index is 11.6. The average Bonchev–Trinajstić information content (AvgIpc) is 2.36. The Morgan fingerprint density at radius 2 is 1.68 bits per heavy atom. The van der Waals surface area contributed by atoms with Crippen LogP contribution in [0, 0.1) is 23.2 Å². The molecule has 0 saturated heterocycles. The van der Waals surface area contributed by atoms with Gasteiger partial charge in [0, 0.05) is 5.41 Å². The van der Waals surface area contributed by atoms with Gasteiger partial charge < -0.3 is 9.47 Å². The Morgan fingerprint density at radius 3 is 2.05 bits per heavy atom. The monoisotopic (exact) mass is 264 g/mol. The van der Waals surface area contributed by atoms with Gasteiger partial charge in [0.2, 0.25) is 0 Å². The fourth-order valence-corrected chi connectivity index (χ4v) is 5.30. The number of rotatable bonds is 3. The van der Waals surface area contributed by atoms with Crippen molar-refractivity contribution in [2.45, 2.75) is 51.0 Å². The lowest BCUT2D eigenvalue weighted by Crippen LogP contribution is -2.57. The molecule has 0 unspecified atom stereocenters. The largest absolute Gasteiger partial charge is 0.508 e. The van der Waals surface area contributed by atoms with Crippen molar-refractivity contribution in [1.82, 2.24) is 0 Å². The van der Waals surface area contributed by atoms with Crippen molar-refractivity contribution in [2.24, 2.45) is 23.2 Å². The number of carbonyl (C=O) groups is 1. The van der Waals surface area contributed by atoms with Crippen LogP contribution in [-0.4, -0.2) is 18.9 Å². The molecule has 4 aliphatic rings. The van der Waals surface area contributed by atoms with E-state index in [9.17, 15) is 4.79 Å². The molecule has 0 aromatic rings. The predicted molar refractivity (Wildman–Crippen MR) is 72.7 cm³/mol. The molecule has 3 heteroatoms. The van der Waals surface area contributed by atoms with Crippen LogP contribution in [0.15, 0.2) is 12.7 Å². The first-order valence-corrected chi connectivity index (χ1v) is 7.41. The van der Waals surface area contributed by atoms with Gasteiger partial charge in [-0.15, -0.1) is 0 Å². The normalized spacial score (nSPS) is 42.5. The highest BCUT2D eigenvalue weighted by Crippen LogP contribution is 2.64. The highest BCUT2D eigenvalue weighted by Gasteiger charge is 2.59. The Kier molecular flexibility index (Phi) is 2.91. The molecule has 4 aliphatic carbocycles. The van der Waals surface area contributed by atoms with E-state index in [0.29, 0.717) is 0 Å². The maximum atomic E-state index is 11.6. The first-order chi connectivity index (χ1) is 9.00. The fourth-order valence-electron chi connectivity index (χ4n) is 5.30. The molecule has 19 heavy (non-hydrogen) atoms. The molecule has 0 aromatic heterocycles. The molecule has 0 heterocycles. The summed E-state index contributed by atoms with van der Waals surface area (Å²) in [5.74, 6) is 2.48. The standard InChI is InChI=1S/C16H24O3/c1-4-15(2,19-14(17)18-3)16-8-11-5-12(9-16)7-13(6-11)10-16/h4,11-13H,1,5-10H2,2-3H3/t11?,12?,13?,15-,16?/m1/s1. The van der Waals surface area contributed by atoms with Crippen molar-refractivity contribution in [1.29, 1.82) is 0 Å². The van der Waals surface area contributed by atoms with Crippen molar-refractivity contribution in [3.05, 3.63) is 12.7 Å². The van der Waals surface area contributed by atoms with Crippen molar-refractivity contribution in [2.75, 3.05) is 7.11 Å². The molecular formula is C16H24O3. The van der Waals surface area contributed by atoms with Gasteiger partial charge in [-0.2, -0.15) is 0 Å². The lowest BCUT2D eigenvalue weighted by atomic mass is 9.45. The van der Waals surface area contributed by atoms with Crippen molar-refractivity contribution >= 4 is 6.16 Å². The van der Waals surface area contributed by atoms with E-state index in [1.807, 2.05) is 13.0 Å². The number of carbonyl (C=O) groups excluding carboxylic acids is 1. The van der Waals surface area contributed by atoms with Crippen LogP contribution in [0.2, 0.25) is 0 Å². The minimum Gasteiger partial charge on any atom is -0.438 e. The predicted octanol–water partition coefficient (Wildman–Crippen LogP) is 3.93. The van der Waals surface area contributed by atoms with Gasteiger partial charge in [0.15, 0.2) is 0 Å². The zero-order valence-corrected chi connectivity index (χ0v) is 12.0. The van der Waals surface area contributed by atoms with Crippen LogP contribution >= 0.6 is 0 Å². The molecule has 0 amide bonds. The van der Waals surface area contributed by atoms with E-state index in [2.05, 4.69) is 6.58 Å². The van der Waals surface area contributed by atoms with Crippen LogP contribution in [0.1, 0.15) is 45.4 Å². The second-order valence-electron chi connectivity index (χ2n) is 7.07. The second-order valence-corrected chi connectivity index (χ2v) is 7.07. The first-order valence-electron chi connectivity index (χ1n) is 7.41. The third kappa shape index (κ3) is 1.89. The summed E-state index contributed by atoms with van der Waals surface area (Å²) in [6.45, 7) is 5.96. The summed E-state index contributed by atoms with van der Waals surface area (Å²) in [5.41, 5.74) is -0.492. The molecular weight excluding hydrogens is 240 g/mol. The van der Waals surface area contributed by atoms with E-state index < -0.39 is 11.8 Å². The van der Waals surface area contributed by atoms with Crippen molar-refractivity contribution in [3.8, 4) is 0 Å². The van der Waals surface area contributed by atoms with Crippen LogP contribution in [-0.2, 0) is 9.47 Å². The smallest absolute Gasteiger partial charge is 0.438 e. The summed E-state index contributed by atoms with van der Waals surface area (Å²) in [6.07, 6.45) is 8.92. The summed E-state index contributed by atoms with van der Waals surface area (Å²) in [4.78, 5) is 11.6. The van der Waals surface area contributed by atoms with Crippen molar-refractivity contribution < 1.29 is 14.3 Å². The van der Waals surface area contributed by atoms with Gasteiger partial charge in [0.05, 0.1) is 7.11 Å². The van der Waals surface area contributed by atoms with Gasteiger partial charge in [-0.05, 0) is 69.3 Å². The third-order valence-corrected chi connectivity index (χ3v) is 5.94. The Bertz CT molecular complexity index is 366. The highest BCUT2D eigenvalue weighted by atomic mass is 16.7. The van der Waals surface area contributed by atoms with Crippen LogP contribution in [0.25, 0.3) is 0 Å². The van der Waals surface area contributed by atoms with E-state index in [1.54, 1.807) is 0 Å². The van der Waals surface area contributed by atoms with E-state index >= 15 is 0 Å². The zero-order chi connectivity index (χ0) is 13.7. The van der Waals surface area contributed by atoms with Crippen molar-refractivity contribution in [3.63, 3.8) is 0 Å². The summed E-state index contributed by atoms with van der Waals surface area (Å²) in [7, 11) is 1.37. The van der Waals surface area contributed by atoms with Crippen LogP contribution < -0.4 is 0 Å². The van der Waals surface area contributed by atoms with Gasteiger partial charge >= 0.3 is 6.16 Å². The summed E-state index contributed by atoms with van der Waals surface area (Å²) >= 11 is 0. The van der Waals surface area contributed by atoms with Gasteiger partial charge in [0.25, 0.3) is 0 Å². The molecule has 4 saturated carbocycles. The topological polar surface area (TPSA) is 35.5 Å². The van der Waals surface area contributed by atoms with Crippen LogP contribution in [0.3, 0.4) is 0 Å². The van der Waals surface area contributed by atoms with E-state index in [1.165, 1.54) is 45.6 Å². The Labute approximate surface area is 115 Å². The first kappa shape index (κ1) is 13.0. The van der Waals surface area contributed by atoms with Gasteiger partial charge in [-0.3, -0.25) is 0 Å². The highest BCUT2D eigenvalue weighted by molar-refractivity contribution is 5.60. The molecule has 4 fully saturated rings. The summed E-state index contributed by atoms with van der Waals surface area (Å²) < 4.78 is 10.3. The quantitative estimate of drug-likeness (QED) is 0.572. The van der Waals surface area contributed by atoms with Gasteiger partial charge in [-0.25, -0.2) is 4.79 Å². The molecule has 0 N–H and O–H groups in total. The minimum atomic E-state index is -0.587. The van der Waals surface area contributed by atoms with Crippen LogP contribution in [0.4, 0.5) is 4.79 Å². The minimum absolute atomic E-state index is 0.0949. The molecule has 106 valence electrons. The lowest BCUT2D eigenvalue weighted by Gasteiger charge is -2.61. The zero-order valence-electron chi connectivity index (χ0n) is 12.0. The summed E-state index contributed by atoms with van der Waals surface area (Å²) in [6, 6.07) is 0.